The number of anilines is 2. The topological polar surface area (TPSA) is 90.2 Å². The fraction of sp³-hybridized carbons (Fsp3) is 0.381. The number of nitrogens with zero attached hydrogens (tertiary/aromatic N) is 4. The number of carbonyl (C=O) groups is 1. The van der Waals surface area contributed by atoms with Crippen LogP contribution in [0.25, 0.3) is 5.65 Å². The Morgan fingerprint density at radius 1 is 1.13 bits per heavy atom. The predicted octanol–water partition coefficient (Wildman–Crippen LogP) is 3.26. The number of carbonyl (C=O) groups excluding carboxylic acids is 1. The monoisotopic (exact) mass is 445 g/mol. The standard InChI is InChI=1S/C21H24ClN5O4/c1-29-16-9-15(10-17(30-2)19(16)31-3)23-20(28)13-5-4-8-26(11-13)21-25-24-18-7-6-14(22)12-27(18)21/h6-7,9-10,12-13H,4-5,8,11H2,1-3H3,(H,23,28)/t13-/m0/s1. The lowest BCUT2D eigenvalue weighted by Gasteiger charge is -2.32. The van der Waals surface area contributed by atoms with Crippen molar-refractivity contribution in [1.82, 2.24) is 14.6 Å². The molecular weight excluding hydrogens is 422 g/mol. The average Bonchev–Trinajstić information content (AvgIpc) is 3.21. The summed E-state index contributed by atoms with van der Waals surface area (Å²) in [4.78, 5) is 15.1. The Kier molecular flexibility index (Phi) is 6.03. The van der Waals surface area contributed by atoms with Gasteiger partial charge in [0.2, 0.25) is 17.6 Å². The third-order valence-electron chi connectivity index (χ3n) is 5.36. The lowest BCUT2D eigenvalue weighted by Crippen LogP contribution is -2.41. The van der Waals surface area contributed by atoms with Gasteiger partial charge in [0.25, 0.3) is 0 Å². The summed E-state index contributed by atoms with van der Waals surface area (Å²) in [5.41, 5.74) is 1.29. The average molecular weight is 446 g/mol. The van der Waals surface area contributed by atoms with Gasteiger partial charge in [0.15, 0.2) is 17.1 Å². The Balaban J connectivity index is 1.52. The van der Waals surface area contributed by atoms with Crippen LogP contribution in [-0.2, 0) is 4.79 Å². The van der Waals surface area contributed by atoms with E-state index in [1.807, 2.05) is 10.5 Å². The van der Waals surface area contributed by atoms with Gasteiger partial charge in [-0.15, -0.1) is 10.2 Å². The number of aromatic nitrogens is 3. The van der Waals surface area contributed by atoms with Crippen LogP contribution in [0.2, 0.25) is 5.02 Å². The van der Waals surface area contributed by atoms with Crippen LogP contribution < -0.4 is 24.4 Å². The van der Waals surface area contributed by atoms with Crippen LogP contribution in [0, 0.1) is 5.92 Å². The Morgan fingerprint density at radius 3 is 2.55 bits per heavy atom. The smallest absolute Gasteiger partial charge is 0.231 e. The molecule has 0 aliphatic carbocycles. The molecule has 1 aromatic carbocycles. The SMILES string of the molecule is COc1cc(NC(=O)[C@H]2CCCN(c3nnc4ccc(Cl)cn34)C2)cc(OC)c1OC. The molecule has 1 N–H and O–H groups in total. The summed E-state index contributed by atoms with van der Waals surface area (Å²) in [6.07, 6.45) is 3.43. The number of methoxy groups -OCH3 is 3. The van der Waals surface area contributed by atoms with Crippen LogP contribution >= 0.6 is 11.6 Å². The molecule has 9 nitrogen and oxygen atoms in total. The molecule has 0 saturated carbocycles. The normalized spacial score (nSPS) is 16.3. The molecule has 10 heteroatoms. The van der Waals surface area contributed by atoms with E-state index in [9.17, 15) is 4.79 Å². The highest BCUT2D eigenvalue weighted by Crippen LogP contribution is 2.40. The van der Waals surface area contributed by atoms with Crippen molar-refractivity contribution >= 4 is 34.8 Å². The first-order valence-electron chi connectivity index (χ1n) is 9.90. The molecule has 3 heterocycles. The van der Waals surface area contributed by atoms with Gasteiger partial charge >= 0.3 is 0 Å². The van der Waals surface area contributed by atoms with E-state index in [1.54, 1.807) is 24.4 Å². The largest absolute Gasteiger partial charge is 0.493 e. The van der Waals surface area contributed by atoms with Crippen molar-refractivity contribution in [1.29, 1.82) is 0 Å². The van der Waals surface area contributed by atoms with Gasteiger partial charge in [0.05, 0.1) is 32.3 Å². The molecule has 1 fully saturated rings. The quantitative estimate of drug-likeness (QED) is 0.622. The Bertz CT molecular complexity index is 1080. The van der Waals surface area contributed by atoms with Crippen LogP contribution in [0.15, 0.2) is 30.5 Å². The minimum Gasteiger partial charge on any atom is -0.493 e. The van der Waals surface area contributed by atoms with E-state index in [4.69, 9.17) is 25.8 Å². The van der Waals surface area contributed by atoms with Gasteiger partial charge < -0.3 is 24.4 Å². The van der Waals surface area contributed by atoms with Crippen molar-refractivity contribution in [2.75, 3.05) is 44.6 Å². The molecule has 0 bridgehead atoms. The second-order valence-electron chi connectivity index (χ2n) is 7.26. The van der Waals surface area contributed by atoms with E-state index in [2.05, 4.69) is 20.4 Å². The highest BCUT2D eigenvalue weighted by molar-refractivity contribution is 6.30. The van der Waals surface area contributed by atoms with Gasteiger partial charge in [-0.1, -0.05) is 11.6 Å². The molecule has 0 spiro atoms. The zero-order valence-corrected chi connectivity index (χ0v) is 18.3. The van der Waals surface area contributed by atoms with Gasteiger partial charge in [-0.3, -0.25) is 9.20 Å². The summed E-state index contributed by atoms with van der Waals surface area (Å²) < 4.78 is 17.9. The van der Waals surface area contributed by atoms with E-state index in [0.29, 0.717) is 46.1 Å². The van der Waals surface area contributed by atoms with Gasteiger partial charge in [-0.25, -0.2) is 0 Å². The summed E-state index contributed by atoms with van der Waals surface area (Å²) in [5, 5.41) is 12.1. The number of benzene rings is 1. The van der Waals surface area contributed by atoms with Crippen LogP contribution in [0.4, 0.5) is 11.6 Å². The van der Waals surface area contributed by atoms with Crippen molar-refractivity contribution in [2.24, 2.45) is 5.92 Å². The van der Waals surface area contributed by atoms with Crippen LogP contribution in [0.5, 0.6) is 17.2 Å². The van der Waals surface area contributed by atoms with Gasteiger partial charge in [0, 0.05) is 37.1 Å². The van der Waals surface area contributed by atoms with Gasteiger partial charge in [0.1, 0.15) is 0 Å². The molecular formula is C21H24ClN5O4. The number of pyridine rings is 1. The molecule has 0 unspecified atom stereocenters. The van der Waals surface area contributed by atoms with E-state index >= 15 is 0 Å². The molecule has 164 valence electrons. The first kappa shape index (κ1) is 21.0. The number of nitrogens with one attached hydrogen (secondary N) is 1. The molecule has 1 saturated heterocycles. The Morgan fingerprint density at radius 2 is 1.87 bits per heavy atom. The third kappa shape index (κ3) is 4.18. The first-order valence-corrected chi connectivity index (χ1v) is 10.3. The molecule has 1 amide bonds. The molecule has 3 aromatic rings. The maximum atomic E-state index is 13.0. The summed E-state index contributed by atoms with van der Waals surface area (Å²) >= 11 is 6.14. The molecule has 1 aliphatic rings. The number of rotatable bonds is 6. The maximum Gasteiger partial charge on any atom is 0.231 e. The van der Waals surface area contributed by atoms with E-state index in [-0.39, 0.29) is 11.8 Å². The van der Waals surface area contributed by atoms with Crippen LogP contribution in [-0.4, -0.2) is 54.9 Å². The molecule has 1 atom stereocenters. The lowest BCUT2D eigenvalue weighted by molar-refractivity contribution is -0.120. The minimum absolute atomic E-state index is 0.0779. The molecule has 1 aliphatic heterocycles. The number of piperidine rings is 1. The lowest BCUT2D eigenvalue weighted by atomic mass is 9.97. The second kappa shape index (κ2) is 8.89. The zero-order chi connectivity index (χ0) is 22.0. The maximum absolute atomic E-state index is 13.0. The van der Waals surface area contributed by atoms with Crippen molar-refractivity contribution in [2.45, 2.75) is 12.8 Å². The van der Waals surface area contributed by atoms with Crippen molar-refractivity contribution in [3.8, 4) is 17.2 Å². The van der Waals surface area contributed by atoms with Crippen molar-refractivity contribution in [3.05, 3.63) is 35.5 Å². The zero-order valence-electron chi connectivity index (χ0n) is 17.6. The highest BCUT2D eigenvalue weighted by atomic mass is 35.5. The summed E-state index contributed by atoms with van der Waals surface area (Å²) in [5.74, 6) is 1.83. The fourth-order valence-corrected chi connectivity index (χ4v) is 4.00. The number of amides is 1. The Labute approximate surface area is 184 Å². The third-order valence-corrected chi connectivity index (χ3v) is 5.58. The van der Waals surface area contributed by atoms with E-state index in [1.165, 1.54) is 21.3 Å². The minimum atomic E-state index is -0.209. The van der Waals surface area contributed by atoms with Crippen LogP contribution in [0.1, 0.15) is 12.8 Å². The van der Waals surface area contributed by atoms with Gasteiger partial charge in [-0.05, 0) is 25.0 Å². The molecule has 2 aromatic heterocycles. The second-order valence-corrected chi connectivity index (χ2v) is 7.70. The predicted molar refractivity (Wildman–Crippen MR) is 118 cm³/mol. The first-order chi connectivity index (χ1) is 15.0. The number of hydrogen-bond donors (Lipinski definition) is 1. The van der Waals surface area contributed by atoms with Crippen LogP contribution in [0.3, 0.4) is 0 Å². The molecule has 0 radical (unpaired) electrons. The van der Waals surface area contributed by atoms with E-state index < -0.39 is 0 Å². The number of ether oxygens (including phenoxy) is 3. The molecule has 31 heavy (non-hydrogen) atoms. The molecule has 4 rings (SSSR count). The number of hydrogen-bond acceptors (Lipinski definition) is 7. The van der Waals surface area contributed by atoms with Gasteiger partial charge in [-0.2, -0.15) is 0 Å². The number of fused-ring (bicyclic) bond motifs is 1. The fourth-order valence-electron chi connectivity index (χ4n) is 3.84. The van der Waals surface area contributed by atoms with Crippen molar-refractivity contribution < 1.29 is 19.0 Å². The van der Waals surface area contributed by atoms with E-state index in [0.717, 1.165) is 19.4 Å². The Hall–Kier alpha value is -3.20. The number of halogens is 1. The summed E-state index contributed by atoms with van der Waals surface area (Å²) in [7, 11) is 4.62. The summed E-state index contributed by atoms with van der Waals surface area (Å²) in [6, 6.07) is 7.03. The summed E-state index contributed by atoms with van der Waals surface area (Å²) in [6.45, 7) is 1.32. The highest BCUT2D eigenvalue weighted by Gasteiger charge is 2.28. The van der Waals surface area contributed by atoms with Crippen molar-refractivity contribution in [3.63, 3.8) is 0 Å².